The maximum absolute atomic E-state index is 12.5. The van der Waals surface area contributed by atoms with Gasteiger partial charge >= 0.3 is 0 Å². The number of carbonyl (C=O) groups excluding carboxylic acids is 1. The van der Waals surface area contributed by atoms with E-state index in [0.29, 0.717) is 64.1 Å². The van der Waals surface area contributed by atoms with Gasteiger partial charge in [0.25, 0.3) is 6.02 Å². The maximum Gasteiger partial charge on any atom is 0.288 e. The van der Waals surface area contributed by atoms with E-state index in [4.69, 9.17) is 9.47 Å². The van der Waals surface area contributed by atoms with Crippen LogP contribution in [0.25, 0.3) is 0 Å². The molecule has 1 amide bonds. The fourth-order valence-corrected chi connectivity index (χ4v) is 3.53. The minimum absolute atomic E-state index is 0.191. The van der Waals surface area contributed by atoms with Gasteiger partial charge in [0.2, 0.25) is 5.91 Å². The van der Waals surface area contributed by atoms with Crippen molar-refractivity contribution in [2.24, 2.45) is 10.9 Å². The Kier molecular flexibility index (Phi) is 5.30. The number of likely N-dealkylation sites (tertiary alicyclic amines) is 1. The highest BCUT2D eigenvalue weighted by Crippen LogP contribution is 2.36. The molecule has 0 bridgehead atoms. The minimum Gasteiger partial charge on any atom is -0.452 e. The number of aliphatic imine (C=N–C) groups is 1. The quantitative estimate of drug-likeness (QED) is 0.762. The zero-order valence-electron chi connectivity index (χ0n) is 14.7. The average Bonchev–Trinajstić information content (AvgIpc) is 3.31. The minimum atomic E-state index is -0.765. The molecular formula is C17H29N3O4. The Morgan fingerprint density at radius 2 is 2.21 bits per heavy atom. The summed E-state index contributed by atoms with van der Waals surface area (Å²) < 4.78 is 11.3. The predicted octanol–water partition coefficient (Wildman–Crippen LogP) is 0.473. The van der Waals surface area contributed by atoms with E-state index >= 15 is 0 Å². The van der Waals surface area contributed by atoms with Crippen LogP contribution in [0.2, 0.25) is 0 Å². The van der Waals surface area contributed by atoms with E-state index in [1.165, 1.54) is 12.8 Å². The molecule has 2 atom stereocenters. The summed E-state index contributed by atoms with van der Waals surface area (Å²) in [5.41, 5.74) is -0.765. The number of ether oxygens (including phenoxy) is 2. The van der Waals surface area contributed by atoms with Crippen molar-refractivity contribution >= 4 is 11.9 Å². The smallest absolute Gasteiger partial charge is 0.288 e. The number of nitrogens with zero attached hydrogens (tertiary/aromatic N) is 3. The molecule has 24 heavy (non-hydrogen) atoms. The molecule has 2 aliphatic heterocycles. The molecule has 2 heterocycles. The molecular weight excluding hydrogens is 310 g/mol. The first kappa shape index (κ1) is 17.5. The summed E-state index contributed by atoms with van der Waals surface area (Å²) >= 11 is 0. The average molecular weight is 339 g/mol. The first-order valence-electron chi connectivity index (χ1n) is 9.01. The van der Waals surface area contributed by atoms with Crippen LogP contribution in [0.15, 0.2) is 4.99 Å². The van der Waals surface area contributed by atoms with Crippen molar-refractivity contribution in [2.45, 2.75) is 44.3 Å². The lowest BCUT2D eigenvalue weighted by atomic mass is 9.89. The second-order valence-corrected chi connectivity index (χ2v) is 7.11. The zero-order valence-corrected chi connectivity index (χ0v) is 14.7. The van der Waals surface area contributed by atoms with Gasteiger partial charge < -0.3 is 24.4 Å². The number of aliphatic hydroxyl groups excluding tert-OH is 1. The molecule has 3 rings (SSSR count). The summed E-state index contributed by atoms with van der Waals surface area (Å²) in [7, 11) is 1.66. The third-order valence-corrected chi connectivity index (χ3v) is 5.13. The van der Waals surface area contributed by atoms with Gasteiger partial charge in [0.15, 0.2) is 5.60 Å². The molecule has 1 saturated carbocycles. The Hall–Kier alpha value is -1.34. The van der Waals surface area contributed by atoms with Crippen LogP contribution in [0.3, 0.4) is 0 Å². The third-order valence-electron chi connectivity index (χ3n) is 5.13. The van der Waals surface area contributed by atoms with E-state index < -0.39 is 11.7 Å². The normalized spacial score (nSPS) is 31.8. The number of amidine groups is 1. The van der Waals surface area contributed by atoms with E-state index in [-0.39, 0.29) is 5.91 Å². The highest BCUT2D eigenvalue weighted by molar-refractivity contribution is 5.79. The van der Waals surface area contributed by atoms with Crippen molar-refractivity contribution in [3.05, 3.63) is 0 Å². The van der Waals surface area contributed by atoms with Gasteiger partial charge in [-0.05, 0) is 32.1 Å². The molecule has 7 heteroatoms. The van der Waals surface area contributed by atoms with Crippen molar-refractivity contribution in [1.82, 2.24) is 9.80 Å². The van der Waals surface area contributed by atoms with Crippen molar-refractivity contribution in [3.63, 3.8) is 0 Å². The number of hydrogen-bond donors (Lipinski definition) is 1. The fourth-order valence-electron chi connectivity index (χ4n) is 3.53. The summed E-state index contributed by atoms with van der Waals surface area (Å²) in [4.78, 5) is 20.8. The molecule has 3 aliphatic rings. The van der Waals surface area contributed by atoms with Crippen LogP contribution < -0.4 is 0 Å². The Labute approximate surface area is 143 Å². The van der Waals surface area contributed by atoms with Crippen molar-refractivity contribution in [1.29, 1.82) is 0 Å². The lowest BCUT2D eigenvalue weighted by molar-refractivity contribution is -0.145. The third kappa shape index (κ3) is 3.67. The van der Waals surface area contributed by atoms with Crippen molar-refractivity contribution < 1.29 is 19.4 Å². The van der Waals surface area contributed by atoms with Gasteiger partial charge in [-0.25, -0.2) is 4.99 Å². The molecule has 7 nitrogen and oxygen atoms in total. The number of aliphatic hydroxyl groups is 1. The van der Waals surface area contributed by atoms with E-state index in [1.54, 1.807) is 7.11 Å². The first-order valence-corrected chi connectivity index (χ1v) is 9.01. The number of hydrogen-bond acceptors (Lipinski definition) is 5. The van der Waals surface area contributed by atoms with E-state index in [2.05, 4.69) is 4.99 Å². The van der Waals surface area contributed by atoms with Crippen molar-refractivity contribution in [2.75, 3.05) is 46.4 Å². The Bertz CT molecular complexity index is 494. The number of methoxy groups -OCH3 is 1. The zero-order chi connectivity index (χ0) is 17.2. The molecule has 0 aromatic rings. The van der Waals surface area contributed by atoms with Crippen LogP contribution >= 0.6 is 0 Å². The van der Waals surface area contributed by atoms with Crippen LogP contribution in [-0.4, -0.2) is 85.0 Å². The predicted molar refractivity (Wildman–Crippen MR) is 89.8 cm³/mol. The molecule has 1 N–H and O–H groups in total. The van der Waals surface area contributed by atoms with Gasteiger partial charge in [0.1, 0.15) is 0 Å². The number of piperidine rings is 1. The molecule has 0 aromatic carbocycles. The van der Waals surface area contributed by atoms with Gasteiger partial charge in [-0.2, -0.15) is 0 Å². The van der Waals surface area contributed by atoms with Gasteiger partial charge in [0.05, 0.1) is 25.8 Å². The molecule has 136 valence electrons. The number of rotatable bonds is 6. The second kappa shape index (κ2) is 7.27. The molecule has 2 saturated heterocycles. The summed E-state index contributed by atoms with van der Waals surface area (Å²) in [5, 5.41) is 10.6. The standard InChI is InChI=1S/C17H29N3O4/c1-3-18-16-20(8-9-23-2)12-17(24-16)11-19(7-6-14(17)21)15(22)10-13-4-5-13/h13-14,21H,3-12H2,1-2H3/t14-,17+/m0/s1. The molecule has 0 unspecified atom stereocenters. The van der Waals surface area contributed by atoms with Gasteiger partial charge in [-0.1, -0.05) is 0 Å². The lowest BCUT2D eigenvalue weighted by Gasteiger charge is -2.42. The van der Waals surface area contributed by atoms with E-state index in [0.717, 1.165) is 0 Å². The van der Waals surface area contributed by atoms with Crippen LogP contribution in [-0.2, 0) is 14.3 Å². The molecule has 0 aromatic heterocycles. The molecule has 3 fully saturated rings. The Morgan fingerprint density at radius 1 is 1.42 bits per heavy atom. The molecule has 1 spiro atoms. The van der Waals surface area contributed by atoms with E-state index in [9.17, 15) is 9.90 Å². The topological polar surface area (TPSA) is 74.6 Å². The monoisotopic (exact) mass is 339 g/mol. The summed E-state index contributed by atoms with van der Waals surface area (Å²) in [6.07, 6.45) is 2.94. The van der Waals surface area contributed by atoms with Crippen LogP contribution in [0.4, 0.5) is 0 Å². The molecule has 1 aliphatic carbocycles. The maximum atomic E-state index is 12.5. The lowest BCUT2D eigenvalue weighted by Crippen LogP contribution is -2.60. The SMILES string of the molecule is CCN=C1O[C@]2(CN(C(=O)CC3CC3)CC[C@@H]2O)CN1CCOC. The second-order valence-electron chi connectivity index (χ2n) is 7.11. The fraction of sp³-hybridized carbons (Fsp3) is 0.882. The number of amides is 1. The van der Waals surface area contributed by atoms with Crippen molar-refractivity contribution in [3.8, 4) is 0 Å². The Morgan fingerprint density at radius 3 is 2.88 bits per heavy atom. The molecule has 0 radical (unpaired) electrons. The van der Waals surface area contributed by atoms with Crippen LogP contribution in [0.5, 0.6) is 0 Å². The highest BCUT2D eigenvalue weighted by atomic mass is 16.6. The highest BCUT2D eigenvalue weighted by Gasteiger charge is 2.53. The van der Waals surface area contributed by atoms with Gasteiger partial charge in [-0.15, -0.1) is 0 Å². The van der Waals surface area contributed by atoms with Gasteiger partial charge in [-0.3, -0.25) is 4.79 Å². The summed E-state index contributed by atoms with van der Waals surface area (Å²) in [6, 6.07) is 0.560. The van der Waals surface area contributed by atoms with Gasteiger partial charge in [0, 0.05) is 33.2 Å². The first-order chi connectivity index (χ1) is 11.6. The van der Waals surface area contributed by atoms with E-state index in [1.807, 2.05) is 16.7 Å². The number of carbonyl (C=O) groups is 1. The summed E-state index contributed by atoms with van der Waals surface area (Å²) in [6.45, 7) is 5.40. The summed E-state index contributed by atoms with van der Waals surface area (Å²) in [5.74, 6) is 0.761. The largest absolute Gasteiger partial charge is 0.452 e. The van der Waals surface area contributed by atoms with Crippen LogP contribution in [0.1, 0.15) is 32.6 Å². The van der Waals surface area contributed by atoms with Crippen LogP contribution in [0, 0.1) is 5.92 Å². The Balaban J connectivity index is 1.71.